The van der Waals surface area contributed by atoms with Crippen molar-refractivity contribution >= 4 is 34.1 Å². The van der Waals surface area contributed by atoms with Gasteiger partial charge in [-0.05, 0) is 46.6 Å². The lowest BCUT2D eigenvalue weighted by atomic mass is 9.64. The summed E-state index contributed by atoms with van der Waals surface area (Å²) in [6, 6.07) is 27.0. The van der Waals surface area contributed by atoms with Gasteiger partial charge in [0.15, 0.2) is 0 Å². The molecule has 2 unspecified atom stereocenters. The third-order valence-electron chi connectivity index (χ3n) is 8.36. The first-order valence-corrected chi connectivity index (χ1v) is 16.3. The van der Waals surface area contributed by atoms with Crippen LogP contribution < -0.4 is 20.7 Å². The first-order chi connectivity index (χ1) is 17.8. The minimum Gasteiger partial charge on any atom is -0.485 e. The van der Waals surface area contributed by atoms with Crippen LogP contribution in [0, 0.1) is 11.3 Å². The molecule has 0 spiro atoms. The molecule has 3 aromatic carbocycles. The Kier molecular flexibility index (Phi) is 6.90. The van der Waals surface area contributed by atoms with E-state index in [1.807, 2.05) is 0 Å². The Morgan fingerprint density at radius 3 is 1.84 bits per heavy atom. The molecule has 5 rings (SSSR count). The van der Waals surface area contributed by atoms with E-state index in [1.54, 1.807) is 0 Å². The van der Waals surface area contributed by atoms with E-state index in [-0.39, 0.29) is 22.3 Å². The van der Waals surface area contributed by atoms with Crippen LogP contribution in [0.1, 0.15) is 66.5 Å². The third-order valence-corrected chi connectivity index (χ3v) is 11.7. The Bertz CT molecular complexity index is 1350. The predicted molar refractivity (Wildman–Crippen MR) is 170 cm³/mol. The third kappa shape index (κ3) is 4.87. The first kappa shape index (κ1) is 27.2. The summed E-state index contributed by atoms with van der Waals surface area (Å²) in [6.07, 6.45) is 5.09. The van der Waals surface area contributed by atoms with E-state index in [9.17, 15) is 0 Å². The van der Waals surface area contributed by atoms with Crippen LogP contribution in [0.2, 0.25) is 0 Å². The molecule has 0 N–H and O–H groups in total. The molecular weight excluding hydrogens is 495 g/mol. The van der Waals surface area contributed by atoms with Gasteiger partial charge in [-0.25, -0.2) is 0 Å². The molecule has 2 atom stereocenters. The maximum Gasteiger partial charge on any atom is 0.132 e. The summed E-state index contributed by atoms with van der Waals surface area (Å²) >= 11 is 0. The molecule has 0 saturated carbocycles. The van der Waals surface area contributed by atoms with Crippen molar-refractivity contribution in [2.24, 2.45) is 11.3 Å². The first-order valence-electron chi connectivity index (χ1n) is 13.9. The molecule has 38 heavy (non-hydrogen) atoms. The maximum absolute atomic E-state index is 7.21. The number of fused-ring (bicyclic) bond motifs is 2. The van der Waals surface area contributed by atoms with Crippen molar-refractivity contribution in [1.29, 1.82) is 0 Å². The molecule has 0 amide bonds. The Hall–Kier alpha value is -2.41. The molecule has 3 heteroatoms. The fourth-order valence-electron chi connectivity index (χ4n) is 5.86. The molecule has 1 nitrogen and oxygen atoms in total. The molecule has 1 heterocycles. The molecule has 0 radical (unpaired) electrons. The predicted octanol–water partition coefficient (Wildman–Crippen LogP) is 6.63. The van der Waals surface area contributed by atoms with Crippen LogP contribution in [-0.4, -0.2) is 16.3 Å². The van der Waals surface area contributed by atoms with Crippen LogP contribution in [0.5, 0.6) is 5.75 Å². The average molecular weight is 539 g/mol. The molecule has 1 aliphatic carbocycles. The van der Waals surface area contributed by atoms with E-state index in [1.165, 1.54) is 37.8 Å². The monoisotopic (exact) mass is 538 g/mol. The number of allylic oxidation sites excluding steroid dienone is 2. The van der Waals surface area contributed by atoms with Gasteiger partial charge in [-0.15, -0.1) is 0 Å². The fraction of sp³-hybridized carbons (Fsp3) is 0.371. The molecule has 0 saturated heterocycles. The zero-order valence-corrected chi connectivity index (χ0v) is 27.5. The van der Waals surface area contributed by atoms with Crippen molar-refractivity contribution in [2.45, 2.75) is 72.3 Å². The quantitative estimate of drug-likeness (QED) is 0.269. The SMILES string of the molecule is CC(C)(C)C1=CC2C(Oc3c(P(c4ccccc4)c4ccccc4)cc(C(C)(C)C)cc3C2(C)C)C([SiH3])=C1. The molecular formula is C35H43OPSi. The van der Waals surface area contributed by atoms with Crippen molar-refractivity contribution in [2.75, 3.05) is 0 Å². The van der Waals surface area contributed by atoms with Gasteiger partial charge >= 0.3 is 0 Å². The number of ether oxygens (including phenoxy) is 1. The van der Waals surface area contributed by atoms with Crippen molar-refractivity contribution in [3.8, 4) is 5.75 Å². The summed E-state index contributed by atoms with van der Waals surface area (Å²) in [4.78, 5) is 0. The van der Waals surface area contributed by atoms with E-state index >= 15 is 0 Å². The second kappa shape index (κ2) is 9.65. The lowest BCUT2D eigenvalue weighted by Gasteiger charge is -2.48. The maximum atomic E-state index is 7.21. The van der Waals surface area contributed by atoms with Gasteiger partial charge in [0.25, 0.3) is 0 Å². The highest BCUT2D eigenvalue weighted by molar-refractivity contribution is 7.80. The van der Waals surface area contributed by atoms with Gasteiger partial charge in [-0.2, -0.15) is 0 Å². The number of benzene rings is 3. The Balaban J connectivity index is 1.80. The summed E-state index contributed by atoms with van der Waals surface area (Å²) < 4.78 is 7.21. The van der Waals surface area contributed by atoms with Crippen LogP contribution in [0.15, 0.2) is 95.7 Å². The van der Waals surface area contributed by atoms with Crippen LogP contribution >= 0.6 is 7.92 Å². The zero-order chi connectivity index (χ0) is 27.5. The van der Waals surface area contributed by atoms with E-state index < -0.39 is 7.92 Å². The summed E-state index contributed by atoms with van der Waals surface area (Å²) in [5.74, 6) is 1.45. The second-order valence-electron chi connectivity index (χ2n) is 13.7. The van der Waals surface area contributed by atoms with Crippen LogP contribution in [0.3, 0.4) is 0 Å². The van der Waals surface area contributed by atoms with E-state index in [4.69, 9.17) is 4.74 Å². The summed E-state index contributed by atoms with van der Waals surface area (Å²) in [5, 5.41) is 5.55. The van der Waals surface area contributed by atoms with Crippen molar-refractivity contribution in [3.63, 3.8) is 0 Å². The normalized spacial score (nSPS) is 20.8. The summed E-state index contributed by atoms with van der Waals surface area (Å²) in [5.41, 5.74) is 4.31. The minimum atomic E-state index is -0.780. The van der Waals surface area contributed by atoms with Crippen molar-refractivity contribution < 1.29 is 4.74 Å². The highest BCUT2D eigenvalue weighted by Gasteiger charge is 2.47. The highest BCUT2D eigenvalue weighted by Crippen LogP contribution is 2.52. The van der Waals surface area contributed by atoms with Crippen LogP contribution in [0.4, 0.5) is 0 Å². The van der Waals surface area contributed by atoms with Gasteiger partial charge in [0.1, 0.15) is 11.9 Å². The van der Waals surface area contributed by atoms with E-state index in [0.29, 0.717) is 5.92 Å². The standard InChI is InChI=1S/C35H43OPSi/c1-33(2,3)23-19-27-31(36-32-28(35(27,7)8)20-24(22-30(32)38)34(4,5)6)29(21-23)37(25-15-11-9-12-16-25)26-17-13-10-14-18-26/h9-22,28,32H,1-8,38H3. The molecule has 0 fully saturated rings. The van der Waals surface area contributed by atoms with Gasteiger partial charge in [-0.1, -0.05) is 139 Å². The lowest BCUT2D eigenvalue weighted by molar-refractivity contribution is 0.118. The molecule has 0 aromatic heterocycles. The fourth-order valence-corrected chi connectivity index (χ4v) is 9.09. The topological polar surface area (TPSA) is 9.23 Å². The number of rotatable bonds is 3. The van der Waals surface area contributed by atoms with Crippen molar-refractivity contribution in [3.05, 3.63) is 107 Å². The molecule has 3 aromatic rings. The molecule has 2 aliphatic rings. The summed E-state index contributed by atoms with van der Waals surface area (Å²) in [6.45, 7) is 18.9. The Morgan fingerprint density at radius 1 is 0.789 bits per heavy atom. The van der Waals surface area contributed by atoms with Gasteiger partial charge in [0, 0.05) is 32.4 Å². The van der Waals surface area contributed by atoms with E-state index in [2.05, 4.69) is 140 Å². The smallest absolute Gasteiger partial charge is 0.132 e. The Morgan fingerprint density at radius 2 is 1.34 bits per heavy atom. The lowest BCUT2D eigenvalue weighted by Crippen LogP contribution is -2.48. The van der Waals surface area contributed by atoms with Crippen LogP contribution in [0.25, 0.3) is 0 Å². The Labute approximate surface area is 234 Å². The number of hydrogen-bond donors (Lipinski definition) is 0. The average Bonchev–Trinajstić information content (AvgIpc) is 2.85. The highest BCUT2D eigenvalue weighted by atomic mass is 31.1. The molecule has 0 bridgehead atoms. The van der Waals surface area contributed by atoms with Crippen molar-refractivity contribution in [1.82, 2.24) is 0 Å². The van der Waals surface area contributed by atoms with Gasteiger partial charge in [0.05, 0.1) is 0 Å². The minimum absolute atomic E-state index is 0.0345. The van der Waals surface area contributed by atoms with Gasteiger partial charge in [0.2, 0.25) is 0 Å². The molecule has 1 aliphatic heterocycles. The molecule has 198 valence electrons. The van der Waals surface area contributed by atoms with Crippen LogP contribution in [-0.2, 0) is 10.8 Å². The second-order valence-corrected chi connectivity index (χ2v) is 17.0. The summed E-state index contributed by atoms with van der Waals surface area (Å²) in [7, 11) is 0.220. The van der Waals surface area contributed by atoms with Gasteiger partial charge in [-0.3, -0.25) is 0 Å². The zero-order valence-electron chi connectivity index (χ0n) is 24.6. The van der Waals surface area contributed by atoms with Gasteiger partial charge < -0.3 is 4.74 Å². The largest absolute Gasteiger partial charge is 0.485 e. The van der Waals surface area contributed by atoms with E-state index in [0.717, 1.165) is 16.0 Å². The number of hydrogen-bond acceptors (Lipinski definition) is 1.